The quantitative estimate of drug-likeness (QED) is 0.499. The van der Waals surface area contributed by atoms with Gasteiger partial charge >= 0.3 is 12.1 Å². The van der Waals surface area contributed by atoms with Crippen LogP contribution < -0.4 is 0 Å². The minimum absolute atomic E-state index is 0.358. The molecule has 96 valence electrons. The molecule has 0 unspecified atom stereocenters. The summed E-state index contributed by atoms with van der Waals surface area (Å²) in [7, 11) is 0. The van der Waals surface area contributed by atoms with E-state index in [0.717, 1.165) is 0 Å². The van der Waals surface area contributed by atoms with E-state index >= 15 is 0 Å². The van der Waals surface area contributed by atoms with Crippen LogP contribution in [-0.2, 0) is 0 Å². The van der Waals surface area contributed by atoms with Crippen molar-refractivity contribution in [2.24, 2.45) is 0 Å². The van der Waals surface area contributed by atoms with Gasteiger partial charge in [0, 0.05) is 6.07 Å². The molecule has 1 aromatic rings. The van der Waals surface area contributed by atoms with Crippen LogP contribution in [-0.4, -0.2) is 27.2 Å². The molecule has 8 nitrogen and oxygen atoms in total. The van der Waals surface area contributed by atoms with Gasteiger partial charge in [0.05, 0.1) is 21.5 Å². The van der Waals surface area contributed by atoms with Crippen LogP contribution in [0, 0.1) is 20.2 Å². The van der Waals surface area contributed by atoms with Crippen molar-refractivity contribution in [3.63, 3.8) is 0 Å². The Kier molecular flexibility index (Phi) is 3.50. The van der Waals surface area contributed by atoms with Gasteiger partial charge in [0.2, 0.25) is 11.5 Å². The van der Waals surface area contributed by atoms with E-state index in [-0.39, 0.29) is 0 Å². The number of non-ortho nitro benzene ring substituents is 1. The molecule has 0 radical (unpaired) electrons. The first-order valence-electron chi connectivity index (χ1n) is 4.24. The van der Waals surface area contributed by atoms with E-state index in [1.54, 1.807) is 0 Å². The van der Waals surface area contributed by atoms with Gasteiger partial charge < -0.3 is 5.11 Å². The fourth-order valence-electron chi connectivity index (χ4n) is 1.15. The van der Waals surface area contributed by atoms with Gasteiger partial charge in [0.1, 0.15) is 0 Å². The molecule has 0 amide bonds. The number of hydrogen-bond donors (Lipinski definition) is 1. The summed E-state index contributed by atoms with van der Waals surface area (Å²) in [5.41, 5.74) is -3.29. The number of halogens is 2. The number of nitro groups is 2. The smallest absolute Gasteiger partial charge is 0.318 e. The van der Waals surface area contributed by atoms with Crippen molar-refractivity contribution in [1.82, 2.24) is 0 Å². The molecule has 0 fully saturated rings. The summed E-state index contributed by atoms with van der Waals surface area (Å²) in [5, 5.41) is 30.2. The Labute approximate surface area is 96.8 Å². The minimum atomic E-state index is -3.54. The highest BCUT2D eigenvalue weighted by molar-refractivity contribution is 6.02. The monoisotopic (exact) mass is 262 g/mol. The molecule has 10 heteroatoms. The van der Waals surface area contributed by atoms with Gasteiger partial charge in [-0.1, -0.05) is 0 Å². The fourth-order valence-corrected chi connectivity index (χ4v) is 1.15. The topological polar surface area (TPSA) is 124 Å². The molecule has 0 aliphatic heterocycles. The standard InChI is InChI=1S/C8H4F2N2O6/c9-8(10)7(14)4-1-3(11(15)16)2-5(6(4)13)12(17)18/h1-2,8,13H. The Morgan fingerprint density at radius 1 is 1.22 bits per heavy atom. The predicted octanol–water partition coefficient (Wildman–Crippen LogP) is 1.66. The summed E-state index contributed by atoms with van der Waals surface area (Å²) in [6.45, 7) is 0. The van der Waals surface area contributed by atoms with Gasteiger partial charge in [-0.05, 0) is 0 Å². The Balaban J connectivity index is 3.55. The molecule has 0 spiro atoms. The van der Waals surface area contributed by atoms with Crippen LogP contribution in [0.15, 0.2) is 12.1 Å². The highest BCUT2D eigenvalue weighted by Crippen LogP contribution is 2.35. The molecule has 1 aromatic carbocycles. The van der Waals surface area contributed by atoms with Gasteiger partial charge in [-0.2, -0.15) is 0 Å². The first kappa shape index (κ1) is 13.4. The summed E-state index contributed by atoms with van der Waals surface area (Å²) in [6.07, 6.45) is -3.54. The molecule has 18 heavy (non-hydrogen) atoms. The molecule has 0 aliphatic carbocycles. The maximum absolute atomic E-state index is 12.2. The van der Waals surface area contributed by atoms with Crippen LogP contribution in [0.2, 0.25) is 0 Å². The fraction of sp³-hybridized carbons (Fsp3) is 0.125. The molecular weight excluding hydrogens is 258 g/mol. The maximum Gasteiger partial charge on any atom is 0.318 e. The van der Waals surface area contributed by atoms with E-state index in [1.807, 2.05) is 0 Å². The van der Waals surface area contributed by atoms with Gasteiger partial charge in [0.15, 0.2) is 0 Å². The average Bonchev–Trinajstić information content (AvgIpc) is 2.27. The molecule has 0 saturated carbocycles. The van der Waals surface area contributed by atoms with Crippen LogP contribution in [0.1, 0.15) is 10.4 Å². The number of carbonyl (C=O) groups is 1. The van der Waals surface area contributed by atoms with Crippen LogP contribution in [0.4, 0.5) is 20.2 Å². The third kappa shape index (κ3) is 2.36. The van der Waals surface area contributed by atoms with Gasteiger partial charge in [-0.3, -0.25) is 25.0 Å². The number of benzene rings is 1. The number of Topliss-reactive ketones (excluding diaryl/α,β-unsaturated/α-hetero) is 1. The Hall–Kier alpha value is -2.65. The van der Waals surface area contributed by atoms with Crippen molar-refractivity contribution in [3.05, 3.63) is 37.9 Å². The zero-order valence-electron chi connectivity index (χ0n) is 8.37. The number of nitro benzene ring substituents is 2. The number of carbonyl (C=O) groups excluding carboxylic acids is 1. The number of phenols is 1. The highest BCUT2D eigenvalue weighted by Gasteiger charge is 2.30. The van der Waals surface area contributed by atoms with Crippen LogP contribution in [0.3, 0.4) is 0 Å². The molecule has 0 heterocycles. The molecule has 0 bridgehead atoms. The zero-order chi connectivity index (χ0) is 14.0. The molecule has 0 atom stereocenters. The second kappa shape index (κ2) is 4.69. The maximum atomic E-state index is 12.2. The lowest BCUT2D eigenvalue weighted by Crippen LogP contribution is -2.11. The Bertz CT molecular complexity index is 545. The first-order chi connectivity index (χ1) is 8.25. The van der Waals surface area contributed by atoms with E-state index in [2.05, 4.69) is 0 Å². The number of phenolic OH excluding ortho intramolecular Hbond substituents is 1. The molecule has 0 aliphatic rings. The molecule has 0 saturated heterocycles. The summed E-state index contributed by atoms with van der Waals surface area (Å²) in [6, 6.07) is 0.731. The van der Waals surface area contributed by atoms with E-state index in [0.29, 0.717) is 12.1 Å². The van der Waals surface area contributed by atoms with Gasteiger partial charge in [-0.15, -0.1) is 0 Å². The van der Waals surface area contributed by atoms with E-state index in [9.17, 15) is 38.9 Å². The lowest BCUT2D eigenvalue weighted by molar-refractivity contribution is -0.394. The van der Waals surface area contributed by atoms with Gasteiger partial charge in [-0.25, -0.2) is 8.78 Å². The number of nitrogens with zero attached hydrogens (tertiary/aromatic N) is 2. The molecule has 0 aromatic heterocycles. The summed E-state index contributed by atoms with van der Waals surface area (Å²) in [5.74, 6) is -3.25. The summed E-state index contributed by atoms with van der Waals surface area (Å²) in [4.78, 5) is 29.5. The summed E-state index contributed by atoms with van der Waals surface area (Å²) < 4.78 is 24.3. The van der Waals surface area contributed by atoms with Crippen molar-refractivity contribution in [1.29, 1.82) is 0 Å². The average molecular weight is 262 g/mol. The third-order valence-corrected chi connectivity index (χ3v) is 1.95. The summed E-state index contributed by atoms with van der Waals surface area (Å²) >= 11 is 0. The number of rotatable bonds is 4. The highest BCUT2D eigenvalue weighted by atomic mass is 19.3. The normalized spacial score (nSPS) is 10.4. The first-order valence-corrected chi connectivity index (χ1v) is 4.24. The van der Waals surface area contributed by atoms with Crippen molar-refractivity contribution in [2.45, 2.75) is 6.43 Å². The lowest BCUT2D eigenvalue weighted by atomic mass is 10.1. The Morgan fingerprint density at radius 3 is 2.17 bits per heavy atom. The van der Waals surface area contributed by atoms with Gasteiger partial charge in [0.25, 0.3) is 5.69 Å². The number of aromatic hydroxyl groups is 1. The van der Waals surface area contributed by atoms with Crippen LogP contribution in [0.25, 0.3) is 0 Å². The SMILES string of the molecule is O=C(c1cc([N+](=O)[O-])cc([N+](=O)[O-])c1O)C(F)F. The number of hydrogen-bond acceptors (Lipinski definition) is 6. The van der Waals surface area contributed by atoms with Crippen molar-refractivity contribution in [3.8, 4) is 5.75 Å². The number of ketones is 1. The third-order valence-electron chi connectivity index (χ3n) is 1.95. The minimum Gasteiger partial charge on any atom is -0.502 e. The molecule has 1 N–H and O–H groups in total. The second-order valence-electron chi connectivity index (χ2n) is 3.04. The van der Waals surface area contributed by atoms with E-state index in [4.69, 9.17) is 0 Å². The zero-order valence-corrected chi connectivity index (χ0v) is 8.37. The lowest BCUT2D eigenvalue weighted by Gasteiger charge is -2.03. The van der Waals surface area contributed by atoms with Crippen LogP contribution >= 0.6 is 0 Å². The van der Waals surface area contributed by atoms with E-state index < -0.39 is 44.7 Å². The molecule has 1 rings (SSSR count). The Morgan fingerprint density at radius 2 is 1.78 bits per heavy atom. The largest absolute Gasteiger partial charge is 0.502 e. The van der Waals surface area contributed by atoms with Crippen molar-refractivity contribution in [2.75, 3.05) is 0 Å². The van der Waals surface area contributed by atoms with E-state index in [1.165, 1.54) is 0 Å². The predicted molar refractivity (Wildman–Crippen MR) is 51.8 cm³/mol. The number of alkyl halides is 2. The molecular formula is C8H4F2N2O6. The van der Waals surface area contributed by atoms with Crippen molar-refractivity contribution >= 4 is 17.2 Å². The van der Waals surface area contributed by atoms with Crippen molar-refractivity contribution < 1.29 is 28.5 Å². The second-order valence-corrected chi connectivity index (χ2v) is 3.04. The van der Waals surface area contributed by atoms with Crippen LogP contribution in [0.5, 0.6) is 5.75 Å².